The Morgan fingerprint density at radius 2 is 0.955 bits per heavy atom. The van der Waals surface area contributed by atoms with E-state index in [0.29, 0.717) is 0 Å². The van der Waals surface area contributed by atoms with Gasteiger partial charge in [0.2, 0.25) is 0 Å². The maximum Gasteiger partial charge on any atom is 0.265 e. The third-order valence-electron chi connectivity index (χ3n) is 2.29. The van der Waals surface area contributed by atoms with Crippen LogP contribution < -0.4 is 10.6 Å². The first-order valence-electron chi connectivity index (χ1n) is 6.68. The minimum Gasteiger partial charge on any atom is -0.379 e. The van der Waals surface area contributed by atoms with Crippen LogP contribution in [0.15, 0.2) is 0 Å². The highest BCUT2D eigenvalue weighted by Crippen LogP contribution is 1.87. The molecule has 2 aliphatic heterocycles. The van der Waals surface area contributed by atoms with Crippen molar-refractivity contribution in [3.63, 3.8) is 0 Å². The Labute approximate surface area is 131 Å². The molecule has 0 spiro atoms. The fourth-order valence-electron chi connectivity index (χ4n) is 1.24. The summed E-state index contributed by atoms with van der Waals surface area (Å²) in [4.78, 5) is 0. The van der Waals surface area contributed by atoms with Gasteiger partial charge < -0.3 is 20.1 Å². The average Bonchev–Trinajstić information content (AvgIpc) is 2.49. The minimum absolute atomic E-state index is 0.889. The molecule has 0 aliphatic carbocycles. The zero-order valence-electron chi connectivity index (χ0n) is 12.2. The van der Waals surface area contributed by atoms with E-state index in [1.165, 1.54) is 0 Å². The molecule has 0 aromatic heterocycles. The number of hydrogen-bond acceptors (Lipinski definition) is 8. The van der Waals surface area contributed by atoms with E-state index < -0.39 is 31.7 Å². The van der Waals surface area contributed by atoms with Crippen molar-refractivity contribution in [2.24, 2.45) is 0 Å². The number of ether oxygens (including phenoxy) is 2. The lowest BCUT2D eigenvalue weighted by Crippen LogP contribution is -2.30. The van der Waals surface area contributed by atoms with E-state index in [4.69, 9.17) is 18.6 Å². The third kappa shape index (κ3) is 19.7. The standard InChI is InChI=1S/2C4H9NO.C2H6O6S2/c2*1-3-6-4-2-5-1;3-9(4,5)1-2-10(6,7)8/h2*5H,1-4H2;1-2H2,(H,3,4,5)(H,6,7,8). The Morgan fingerprint density at radius 3 is 1.05 bits per heavy atom. The minimum atomic E-state index is -4.30. The van der Waals surface area contributed by atoms with E-state index in [0.717, 1.165) is 52.6 Å². The van der Waals surface area contributed by atoms with Gasteiger partial charge in [-0.15, -0.1) is 0 Å². The van der Waals surface area contributed by atoms with E-state index >= 15 is 0 Å². The maximum absolute atomic E-state index is 9.86. The Kier molecular flexibility index (Phi) is 11.9. The smallest absolute Gasteiger partial charge is 0.265 e. The number of nitrogens with one attached hydrogen (secondary N) is 2. The molecule has 0 saturated carbocycles. The summed E-state index contributed by atoms with van der Waals surface area (Å²) in [6.45, 7) is 7.67. The van der Waals surface area contributed by atoms with Crippen LogP contribution in [0, 0.1) is 0 Å². The van der Waals surface area contributed by atoms with Gasteiger partial charge in [-0.2, -0.15) is 16.8 Å². The van der Waals surface area contributed by atoms with Crippen molar-refractivity contribution in [3.8, 4) is 0 Å². The van der Waals surface area contributed by atoms with Gasteiger partial charge >= 0.3 is 0 Å². The highest BCUT2D eigenvalue weighted by molar-refractivity contribution is 7.89. The number of rotatable bonds is 3. The molecule has 0 atom stereocenters. The summed E-state index contributed by atoms with van der Waals surface area (Å²) >= 11 is 0. The number of morpholine rings is 2. The molecule has 0 aromatic rings. The molecule has 2 saturated heterocycles. The predicted molar refractivity (Wildman–Crippen MR) is 80.2 cm³/mol. The van der Waals surface area contributed by atoms with Gasteiger partial charge in [0.05, 0.1) is 37.9 Å². The highest BCUT2D eigenvalue weighted by Gasteiger charge is 2.11. The van der Waals surface area contributed by atoms with Gasteiger partial charge in [-0.25, -0.2) is 0 Å². The van der Waals surface area contributed by atoms with Gasteiger partial charge in [-0.05, 0) is 0 Å². The van der Waals surface area contributed by atoms with Gasteiger partial charge in [-0.1, -0.05) is 0 Å². The molecule has 2 heterocycles. The molecule has 0 unspecified atom stereocenters. The van der Waals surface area contributed by atoms with E-state index in [-0.39, 0.29) is 0 Å². The molecule has 134 valence electrons. The molecule has 10 nitrogen and oxygen atoms in total. The molecule has 2 rings (SSSR count). The molecule has 22 heavy (non-hydrogen) atoms. The fraction of sp³-hybridized carbons (Fsp3) is 1.00. The molecule has 0 radical (unpaired) electrons. The second-order valence-corrected chi connectivity index (χ2v) is 7.44. The lowest BCUT2D eigenvalue weighted by Gasteiger charge is -2.10. The number of hydrogen-bond donors (Lipinski definition) is 4. The first kappa shape index (κ1) is 21.7. The van der Waals surface area contributed by atoms with Crippen LogP contribution in [0.3, 0.4) is 0 Å². The van der Waals surface area contributed by atoms with Gasteiger partial charge in [0.15, 0.2) is 0 Å². The molecule has 12 heteroatoms. The summed E-state index contributed by atoms with van der Waals surface area (Å²) in [7, 11) is -8.59. The SMILES string of the molecule is C1COCCN1.C1COCCN1.O=S(=O)(O)CCS(=O)(=O)O. The van der Waals surface area contributed by atoms with E-state index in [2.05, 4.69) is 10.6 Å². The molecule has 0 amide bonds. The lowest BCUT2D eigenvalue weighted by molar-refractivity contribution is 0.109. The van der Waals surface area contributed by atoms with E-state index in [1.807, 2.05) is 0 Å². The average molecular weight is 364 g/mol. The summed E-state index contributed by atoms with van der Waals surface area (Å²) < 4.78 is 65.4. The zero-order valence-corrected chi connectivity index (χ0v) is 13.9. The normalized spacial score (nSPS) is 19.2. The molecule has 2 aliphatic rings. The molecule has 0 aromatic carbocycles. The van der Waals surface area contributed by atoms with Crippen molar-refractivity contribution < 1.29 is 35.4 Å². The van der Waals surface area contributed by atoms with Crippen LogP contribution in [0.25, 0.3) is 0 Å². The third-order valence-corrected chi connectivity index (χ3v) is 3.99. The molecule has 4 N–H and O–H groups in total. The van der Waals surface area contributed by atoms with Crippen molar-refractivity contribution in [2.75, 3.05) is 64.1 Å². The summed E-state index contributed by atoms with van der Waals surface area (Å²) in [5.74, 6) is -1.96. The topological polar surface area (TPSA) is 151 Å². The van der Waals surface area contributed by atoms with Crippen LogP contribution in [0.4, 0.5) is 0 Å². The van der Waals surface area contributed by atoms with Crippen molar-refractivity contribution in [1.82, 2.24) is 10.6 Å². The second kappa shape index (κ2) is 12.1. The summed E-state index contributed by atoms with van der Waals surface area (Å²) in [5, 5.41) is 6.32. The predicted octanol–water partition coefficient (Wildman–Crippen LogP) is -2.03. The molecule has 0 bridgehead atoms. The van der Waals surface area contributed by atoms with Crippen LogP contribution in [0.5, 0.6) is 0 Å². The molecule has 2 fully saturated rings. The monoisotopic (exact) mass is 364 g/mol. The van der Waals surface area contributed by atoms with Crippen molar-refractivity contribution >= 4 is 20.2 Å². The summed E-state index contributed by atoms with van der Waals surface area (Å²) in [6.07, 6.45) is 0. The quantitative estimate of drug-likeness (QED) is 0.413. The van der Waals surface area contributed by atoms with E-state index in [1.54, 1.807) is 0 Å². The van der Waals surface area contributed by atoms with Gasteiger partial charge in [0, 0.05) is 26.2 Å². The van der Waals surface area contributed by atoms with Gasteiger partial charge in [0.25, 0.3) is 20.2 Å². The lowest BCUT2D eigenvalue weighted by atomic mass is 10.5. The maximum atomic E-state index is 9.86. The Balaban J connectivity index is 0.000000315. The Hall–Kier alpha value is -0.340. The highest BCUT2D eigenvalue weighted by atomic mass is 32.2. The Bertz CT molecular complexity index is 390. The van der Waals surface area contributed by atoms with Crippen LogP contribution >= 0.6 is 0 Å². The first-order valence-corrected chi connectivity index (χ1v) is 9.90. The molecular weight excluding hydrogens is 340 g/mol. The van der Waals surface area contributed by atoms with Gasteiger partial charge in [-0.3, -0.25) is 9.11 Å². The largest absolute Gasteiger partial charge is 0.379 e. The van der Waals surface area contributed by atoms with Crippen LogP contribution in [0.2, 0.25) is 0 Å². The first-order chi connectivity index (χ1) is 10.2. The zero-order chi connectivity index (χ0) is 16.9. The Morgan fingerprint density at radius 1 is 0.682 bits per heavy atom. The van der Waals surface area contributed by atoms with Gasteiger partial charge in [0.1, 0.15) is 0 Å². The van der Waals surface area contributed by atoms with E-state index in [9.17, 15) is 16.8 Å². The van der Waals surface area contributed by atoms with Crippen LogP contribution in [0.1, 0.15) is 0 Å². The van der Waals surface area contributed by atoms with Crippen molar-refractivity contribution in [3.05, 3.63) is 0 Å². The van der Waals surface area contributed by atoms with Crippen molar-refractivity contribution in [2.45, 2.75) is 0 Å². The van der Waals surface area contributed by atoms with Crippen molar-refractivity contribution in [1.29, 1.82) is 0 Å². The molecular formula is C10H24N2O8S2. The van der Waals surface area contributed by atoms with Crippen LogP contribution in [-0.2, 0) is 29.7 Å². The fourth-order valence-corrected chi connectivity index (χ4v) is 2.93. The second-order valence-electron chi connectivity index (χ2n) is 4.30. The van der Waals surface area contributed by atoms with Crippen LogP contribution in [-0.4, -0.2) is 90.1 Å². The summed E-state index contributed by atoms with van der Waals surface area (Å²) in [6, 6.07) is 0. The summed E-state index contributed by atoms with van der Waals surface area (Å²) in [5.41, 5.74) is 0.